The van der Waals surface area contributed by atoms with Crippen LogP contribution in [0.4, 0.5) is 0 Å². The Kier molecular flexibility index (Phi) is 22.4. The highest BCUT2D eigenvalue weighted by Gasteiger charge is 2.22. The number of allylic oxidation sites excluding steroid dienone is 2. The Labute approximate surface area is 212 Å². The van der Waals surface area contributed by atoms with Crippen molar-refractivity contribution in [3.8, 4) is 0 Å². The molecule has 0 aliphatic heterocycles. The van der Waals surface area contributed by atoms with Crippen LogP contribution in [-0.4, -0.2) is 41.0 Å². The highest BCUT2D eigenvalue weighted by Crippen LogP contribution is 2.35. The topological polar surface area (TPSA) is 119 Å². The third kappa shape index (κ3) is 25.7. The number of rotatable bonds is 24. The molecule has 0 saturated carbocycles. The van der Waals surface area contributed by atoms with Gasteiger partial charge in [0.05, 0.1) is 6.61 Å². The Balaban J connectivity index is 3.73. The highest BCUT2D eigenvalue weighted by molar-refractivity contribution is 7.46. The molecule has 0 saturated heterocycles. The fraction of sp³-hybridized carbons (Fsp3) is 0.846. The summed E-state index contributed by atoms with van der Waals surface area (Å²) in [6.07, 6.45) is 21.8. The van der Waals surface area contributed by atoms with Crippen LogP contribution in [0.3, 0.4) is 0 Å². The molecular weight excluding hydrogens is 471 g/mol. The monoisotopic (exact) mass is 520 g/mol. The van der Waals surface area contributed by atoms with Gasteiger partial charge in [0.2, 0.25) is 0 Å². The van der Waals surface area contributed by atoms with Crippen LogP contribution in [-0.2, 0) is 28.2 Å². The number of carbonyl (C=O) groups excluding carboxylic acids is 2. The maximum absolute atomic E-state index is 12.0. The van der Waals surface area contributed by atoms with Crippen molar-refractivity contribution in [2.75, 3.05) is 13.2 Å². The zero-order valence-corrected chi connectivity index (χ0v) is 22.9. The maximum Gasteiger partial charge on any atom is 0.469 e. The van der Waals surface area contributed by atoms with Crippen LogP contribution in [0, 0.1) is 0 Å². The third-order valence-corrected chi connectivity index (χ3v) is 6.07. The quantitative estimate of drug-likeness (QED) is 0.0619. The van der Waals surface area contributed by atoms with Crippen LogP contribution in [0.25, 0.3) is 0 Å². The van der Waals surface area contributed by atoms with Crippen molar-refractivity contribution in [1.82, 2.24) is 0 Å². The summed E-state index contributed by atoms with van der Waals surface area (Å²) in [7, 11) is -4.71. The van der Waals surface area contributed by atoms with Gasteiger partial charge in [-0.05, 0) is 32.1 Å². The van der Waals surface area contributed by atoms with E-state index >= 15 is 0 Å². The van der Waals surface area contributed by atoms with E-state index in [0.717, 1.165) is 25.7 Å². The standard InChI is InChI=1S/C26H49O8P/c1-3-5-6-7-8-9-10-11-12-13-14-15-16-17-18-19-20-21-26(28)34-24(22-32-25(27)4-2)23-33-35(29,30)31/h11-12,24H,3-10,13-23H2,1-2H3,(H2,29,30,31)/b12-11-. The van der Waals surface area contributed by atoms with Crippen molar-refractivity contribution in [3.05, 3.63) is 12.2 Å². The summed E-state index contributed by atoms with van der Waals surface area (Å²) < 4.78 is 25.4. The minimum atomic E-state index is -4.71. The summed E-state index contributed by atoms with van der Waals surface area (Å²) >= 11 is 0. The van der Waals surface area contributed by atoms with Crippen molar-refractivity contribution in [3.63, 3.8) is 0 Å². The van der Waals surface area contributed by atoms with E-state index in [1.54, 1.807) is 6.92 Å². The lowest BCUT2D eigenvalue weighted by atomic mass is 10.1. The molecule has 1 unspecified atom stereocenters. The van der Waals surface area contributed by atoms with Crippen LogP contribution in [0.5, 0.6) is 0 Å². The molecule has 2 N–H and O–H groups in total. The number of esters is 2. The first kappa shape index (κ1) is 33.8. The maximum atomic E-state index is 12.0. The molecule has 0 aromatic heterocycles. The molecule has 0 aromatic rings. The van der Waals surface area contributed by atoms with Gasteiger partial charge in [-0.25, -0.2) is 4.57 Å². The largest absolute Gasteiger partial charge is 0.469 e. The van der Waals surface area contributed by atoms with E-state index in [-0.39, 0.29) is 19.4 Å². The lowest BCUT2D eigenvalue weighted by Gasteiger charge is -2.18. The molecule has 8 nitrogen and oxygen atoms in total. The zero-order valence-electron chi connectivity index (χ0n) is 22.0. The molecule has 35 heavy (non-hydrogen) atoms. The first-order chi connectivity index (χ1) is 16.8. The van der Waals surface area contributed by atoms with Crippen molar-refractivity contribution in [2.24, 2.45) is 0 Å². The number of hydrogen-bond acceptors (Lipinski definition) is 6. The van der Waals surface area contributed by atoms with Crippen LogP contribution in [0.1, 0.15) is 123 Å². The average molecular weight is 521 g/mol. The fourth-order valence-electron chi connectivity index (χ4n) is 3.52. The second kappa shape index (κ2) is 23.2. The van der Waals surface area contributed by atoms with Gasteiger partial charge in [0.15, 0.2) is 6.10 Å². The predicted octanol–water partition coefficient (Wildman–Crippen LogP) is 6.78. The number of unbranched alkanes of at least 4 members (excludes halogenated alkanes) is 13. The number of phosphoric ester groups is 1. The second-order valence-corrected chi connectivity index (χ2v) is 10.2. The van der Waals surface area contributed by atoms with Gasteiger partial charge in [-0.3, -0.25) is 14.1 Å². The molecule has 0 aromatic carbocycles. The van der Waals surface area contributed by atoms with Crippen molar-refractivity contribution >= 4 is 19.8 Å². The number of hydrogen-bond donors (Lipinski definition) is 2. The van der Waals surface area contributed by atoms with E-state index in [1.807, 2.05) is 0 Å². The molecule has 0 heterocycles. The molecular formula is C26H49O8P. The third-order valence-electron chi connectivity index (χ3n) is 5.59. The van der Waals surface area contributed by atoms with E-state index in [1.165, 1.54) is 64.2 Å². The van der Waals surface area contributed by atoms with Gasteiger partial charge in [-0.15, -0.1) is 0 Å². The van der Waals surface area contributed by atoms with Gasteiger partial charge in [0, 0.05) is 12.8 Å². The van der Waals surface area contributed by atoms with E-state index in [9.17, 15) is 14.2 Å². The van der Waals surface area contributed by atoms with Crippen molar-refractivity contribution in [1.29, 1.82) is 0 Å². The number of carbonyl (C=O) groups is 2. The fourth-order valence-corrected chi connectivity index (χ4v) is 3.88. The summed E-state index contributed by atoms with van der Waals surface area (Å²) in [5, 5.41) is 0. The summed E-state index contributed by atoms with van der Waals surface area (Å²) in [5.41, 5.74) is 0. The van der Waals surface area contributed by atoms with E-state index in [2.05, 4.69) is 23.6 Å². The lowest BCUT2D eigenvalue weighted by Crippen LogP contribution is -2.29. The molecule has 0 bridgehead atoms. The van der Waals surface area contributed by atoms with E-state index in [0.29, 0.717) is 6.42 Å². The van der Waals surface area contributed by atoms with E-state index in [4.69, 9.17) is 19.3 Å². The Hall–Kier alpha value is -1.21. The first-order valence-corrected chi connectivity index (χ1v) is 15.0. The smallest absolute Gasteiger partial charge is 0.462 e. The van der Waals surface area contributed by atoms with Crippen LogP contribution in [0.2, 0.25) is 0 Å². The van der Waals surface area contributed by atoms with Gasteiger partial charge >= 0.3 is 19.8 Å². The predicted molar refractivity (Wildman–Crippen MR) is 138 cm³/mol. The molecule has 9 heteroatoms. The molecule has 0 aliphatic carbocycles. The van der Waals surface area contributed by atoms with Crippen molar-refractivity contribution in [2.45, 2.75) is 129 Å². The van der Waals surface area contributed by atoms with Gasteiger partial charge < -0.3 is 19.3 Å². The number of phosphoric acid groups is 1. The van der Waals surface area contributed by atoms with Gasteiger partial charge in [0.1, 0.15) is 6.61 Å². The number of ether oxygens (including phenoxy) is 2. The molecule has 0 fully saturated rings. The molecule has 206 valence electrons. The average Bonchev–Trinajstić information content (AvgIpc) is 2.81. The molecule has 0 amide bonds. The molecule has 0 radical (unpaired) electrons. The molecule has 0 aliphatic rings. The minimum absolute atomic E-state index is 0.149. The summed E-state index contributed by atoms with van der Waals surface area (Å²) in [4.78, 5) is 41.0. The Morgan fingerprint density at radius 3 is 1.77 bits per heavy atom. The molecule has 0 spiro atoms. The SMILES string of the molecule is CCCCCCCC/C=C\CCCCCCCCCC(=O)OC(COC(=O)CC)COP(=O)(O)O. The Morgan fingerprint density at radius 2 is 1.26 bits per heavy atom. The van der Waals surface area contributed by atoms with E-state index < -0.39 is 32.5 Å². The van der Waals surface area contributed by atoms with Crippen LogP contribution in [0.15, 0.2) is 12.2 Å². The summed E-state index contributed by atoms with van der Waals surface area (Å²) in [5.74, 6) is -0.990. The summed E-state index contributed by atoms with van der Waals surface area (Å²) in [6, 6.07) is 0. The summed E-state index contributed by atoms with van der Waals surface area (Å²) in [6.45, 7) is 3.02. The van der Waals surface area contributed by atoms with Crippen LogP contribution >= 0.6 is 7.82 Å². The normalized spacial score (nSPS) is 12.7. The minimum Gasteiger partial charge on any atom is -0.462 e. The lowest BCUT2D eigenvalue weighted by molar-refractivity contribution is -0.161. The first-order valence-electron chi connectivity index (χ1n) is 13.5. The Morgan fingerprint density at radius 1 is 0.743 bits per heavy atom. The van der Waals surface area contributed by atoms with Gasteiger partial charge in [-0.2, -0.15) is 0 Å². The second-order valence-electron chi connectivity index (χ2n) is 8.98. The zero-order chi connectivity index (χ0) is 26.2. The van der Waals surface area contributed by atoms with Crippen LogP contribution < -0.4 is 0 Å². The Bertz CT molecular complexity index is 602. The van der Waals surface area contributed by atoms with Crippen molar-refractivity contribution < 1.29 is 37.9 Å². The molecule has 1 atom stereocenters. The molecule has 0 rings (SSSR count). The highest BCUT2D eigenvalue weighted by atomic mass is 31.2. The van der Waals surface area contributed by atoms with Gasteiger partial charge in [-0.1, -0.05) is 90.2 Å². The van der Waals surface area contributed by atoms with Gasteiger partial charge in [0.25, 0.3) is 0 Å².